The molecule has 9 heteroatoms. The number of esters is 1. The number of carbonyl (C=O) groups is 2. The van der Waals surface area contributed by atoms with Gasteiger partial charge in [0.1, 0.15) is 9.75 Å². The maximum Gasteiger partial charge on any atom is 0.315 e. The number of hydrogen-bond donors (Lipinski definition) is 1. The summed E-state index contributed by atoms with van der Waals surface area (Å²) in [5.74, 6) is -1.27. The Morgan fingerprint density at radius 1 is 1.43 bits per heavy atom. The zero-order valence-electron chi connectivity index (χ0n) is 12.4. The van der Waals surface area contributed by atoms with Gasteiger partial charge in [0.05, 0.1) is 10.6 Å². The number of amides is 1. The van der Waals surface area contributed by atoms with E-state index >= 15 is 0 Å². The zero-order valence-corrected chi connectivity index (χ0v) is 13.9. The van der Waals surface area contributed by atoms with Gasteiger partial charge in [-0.15, -0.1) is 23.2 Å². The van der Waals surface area contributed by atoms with Crippen LogP contribution >= 0.6 is 23.2 Å². The van der Waals surface area contributed by atoms with Gasteiger partial charge in [-0.25, -0.2) is 0 Å². The third-order valence-corrected chi connectivity index (χ3v) is 4.85. The number of nitrogens with zero attached hydrogens (tertiary/aromatic N) is 1. The molecule has 0 saturated heterocycles. The fourth-order valence-corrected chi connectivity index (χ4v) is 2.65. The molecular formula is C14H14Cl2N2O5. The first-order valence-corrected chi connectivity index (χ1v) is 7.42. The molecule has 0 unspecified atom stereocenters. The summed E-state index contributed by atoms with van der Waals surface area (Å²) in [6.45, 7) is 2.71. The lowest BCUT2D eigenvalue weighted by atomic mass is 10.1. The number of carbonyl (C=O) groups excluding carboxylic acids is 2. The van der Waals surface area contributed by atoms with Gasteiger partial charge in [-0.3, -0.25) is 19.7 Å². The molecule has 124 valence electrons. The van der Waals surface area contributed by atoms with Gasteiger partial charge >= 0.3 is 5.97 Å². The van der Waals surface area contributed by atoms with Crippen molar-refractivity contribution in [3.05, 3.63) is 33.9 Å². The van der Waals surface area contributed by atoms with Crippen LogP contribution in [0.1, 0.15) is 18.9 Å². The normalized spacial score (nSPS) is 21.4. The Bertz CT molecular complexity index is 692. The Kier molecular flexibility index (Phi) is 4.54. The Morgan fingerprint density at radius 2 is 2.04 bits per heavy atom. The number of nitrogens with one attached hydrogen (secondary N) is 1. The summed E-state index contributed by atoms with van der Waals surface area (Å²) in [6.07, 6.45) is 0.257. The molecule has 1 aromatic carbocycles. The summed E-state index contributed by atoms with van der Waals surface area (Å²) in [7, 11) is 0. The molecule has 0 aromatic heterocycles. The van der Waals surface area contributed by atoms with Crippen LogP contribution in [0, 0.1) is 22.5 Å². The van der Waals surface area contributed by atoms with Crippen molar-refractivity contribution in [1.29, 1.82) is 0 Å². The second kappa shape index (κ2) is 5.98. The van der Waals surface area contributed by atoms with Crippen molar-refractivity contribution in [3.8, 4) is 0 Å². The van der Waals surface area contributed by atoms with Crippen molar-refractivity contribution in [2.24, 2.45) is 5.41 Å². The van der Waals surface area contributed by atoms with E-state index in [1.807, 2.05) is 0 Å². The van der Waals surface area contributed by atoms with Crippen LogP contribution in [0.2, 0.25) is 0 Å². The summed E-state index contributed by atoms with van der Waals surface area (Å²) >= 11 is 11.7. The molecule has 1 aromatic rings. The van der Waals surface area contributed by atoms with E-state index in [0.717, 1.165) is 0 Å². The van der Waals surface area contributed by atoms with Crippen molar-refractivity contribution in [1.82, 2.24) is 0 Å². The van der Waals surface area contributed by atoms with E-state index in [2.05, 4.69) is 5.32 Å². The zero-order chi connectivity index (χ0) is 17.4. The number of benzene rings is 1. The molecule has 1 atom stereocenters. The number of alkyl halides is 2. The summed E-state index contributed by atoms with van der Waals surface area (Å²) in [6, 6.07) is 4.08. The fraction of sp³-hybridized carbons (Fsp3) is 0.429. The number of nitro groups is 1. The maximum absolute atomic E-state index is 11.8. The van der Waals surface area contributed by atoms with Crippen molar-refractivity contribution >= 4 is 46.5 Å². The number of hydrogen-bond acceptors (Lipinski definition) is 5. The first kappa shape index (κ1) is 17.5. The van der Waals surface area contributed by atoms with Gasteiger partial charge in [0.15, 0.2) is 6.61 Å². The van der Waals surface area contributed by atoms with Crippen LogP contribution in [0.4, 0.5) is 11.4 Å². The lowest BCUT2D eigenvalue weighted by Crippen LogP contribution is -2.27. The smallest absolute Gasteiger partial charge is 0.315 e. The van der Waals surface area contributed by atoms with Crippen molar-refractivity contribution in [2.75, 3.05) is 11.9 Å². The van der Waals surface area contributed by atoms with E-state index in [9.17, 15) is 19.7 Å². The lowest BCUT2D eigenvalue weighted by Gasteiger charge is -2.12. The third-order valence-electron chi connectivity index (χ3n) is 3.75. The second-order valence-corrected chi connectivity index (χ2v) is 7.08. The number of non-ortho nitro benzene ring substituents is 1. The predicted octanol–water partition coefficient (Wildman–Crippen LogP) is 2.97. The van der Waals surface area contributed by atoms with Gasteiger partial charge in [0.2, 0.25) is 0 Å². The van der Waals surface area contributed by atoms with Crippen LogP contribution in [-0.4, -0.2) is 27.7 Å². The molecule has 0 aliphatic heterocycles. The van der Waals surface area contributed by atoms with Crippen molar-refractivity contribution in [2.45, 2.75) is 24.6 Å². The SMILES string of the molecule is Cc1ccc([N+](=O)[O-])cc1NC(=O)COC(=O)[C@]1(C)CC1(Cl)Cl. The first-order chi connectivity index (χ1) is 10.6. The summed E-state index contributed by atoms with van der Waals surface area (Å²) in [5.41, 5.74) is -0.244. The molecule has 0 spiro atoms. The molecule has 23 heavy (non-hydrogen) atoms. The predicted molar refractivity (Wildman–Crippen MR) is 84.6 cm³/mol. The molecule has 0 radical (unpaired) electrons. The molecule has 0 bridgehead atoms. The summed E-state index contributed by atoms with van der Waals surface area (Å²) < 4.78 is 3.73. The molecule has 7 nitrogen and oxygen atoms in total. The molecule has 1 aliphatic rings. The van der Waals surface area contributed by atoms with Gasteiger partial charge in [-0.2, -0.15) is 0 Å². The van der Waals surface area contributed by atoms with E-state index in [1.165, 1.54) is 18.2 Å². The molecule has 1 saturated carbocycles. The van der Waals surface area contributed by atoms with E-state index in [4.69, 9.17) is 27.9 Å². The molecule has 1 fully saturated rings. The van der Waals surface area contributed by atoms with Gasteiger partial charge < -0.3 is 10.1 Å². The average Bonchev–Trinajstić information content (AvgIpc) is 2.98. The number of aryl methyl sites for hydroxylation is 1. The number of halogens is 2. The minimum atomic E-state index is -1.17. The monoisotopic (exact) mass is 360 g/mol. The highest BCUT2D eigenvalue weighted by atomic mass is 35.5. The molecule has 1 aliphatic carbocycles. The van der Waals surface area contributed by atoms with E-state index in [1.54, 1.807) is 13.8 Å². The highest BCUT2D eigenvalue weighted by molar-refractivity contribution is 6.53. The van der Waals surface area contributed by atoms with Crippen LogP contribution < -0.4 is 5.32 Å². The largest absolute Gasteiger partial charge is 0.455 e. The van der Waals surface area contributed by atoms with Crippen LogP contribution in [0.5, 0.6) is 0 Å². The number of anilines is 1. The fourth-order valence-electron chi connectivity index (χ4n) is 1.96. The van der Waals surface area contributed by atoms with Crippen LogP contribution in [0.15, 0.2) is 18.2 Å². The van der Waals surface area contributed by atoms with E-state index in [-0.39, 0.29) is 17.8 Å². The van der Waals surface area contributed by atoms with E-state index in [0.29, 0.717) is 5.56 Å². The first-order valence-electron chi connectivity index (χ1n) is 6.67. The molecule has 2 rings (SSSR count). The minimum absolute atomic E-state index is 0.151. The Balaban J connectivity index is 1.94. The average molecular weight is 361 g/mol. The van der Waals surface area contributed by atoms with Gasteiger partial charge in [0, 0.05) is 18.6 Å². The molecular weight excluding hydrogens is 347 g/mol. The molecule has 1 amide bonds. The quantitative estimate of drug-likeness (QED) is 0.376. The van der Waals surface area contributed by atoms with Crippen LogP contribution in [-0.2, 0) is 14.3 Å². The highest BCUT2D eigenvalue weighted by Crippen LogP contribution is 2.64. The topological polar surface area (TPSA) is 98.5 Å². The van der Waals surface area contributed by atoms with Crippen molar-refractivity contribution < 1.29 is 19.2 Å². The number of nitro benzene ring substituents is 1. The standard InChI is InChI=1S/C14H14Cl2N2O5/c1-8-3-4-9(18(21)22)5-10(8)17-11(19)6-23-12(20)13(2)7-14(13,15)16/h3-5H,6-7H2,1-2H3,(H,17,19)/t13-/m0/s1. The highest BCUT2D eigenvalue weighted by Gasteiger charge is 2.69. The van der Waals surface area contributed by atoms with Gasteiger partial charge in [0.25, 0.3) is 11.6 Å². The minimum Gasteiger partial charge on any atom is -0.455 e. The number of ether oxygens (including phenoxy) is 1. The maximum atomic E-state index is 11.8. The Hall–Kier alpha value is -1.86. The van der Waals surface area contributed by atoms with Crippen LogP contribution in [0.25, 0.3) is 0 Å². The summed E-state index contributed by atoms with van der Waals surface area (Å²) in [5, 5.41) is 13.2. The van der Waals surface area contributed by atoms with Gasteiger partial charge in [-0.1, -0.05) is 6.07 Å². The molecule has 1 N–H and O–H groups in total. The summed E-state index contributed by atoms with van der Waals surface area (Å²) in [4.78, 5) is 33.9. The number of rotatable bonds is 5. The Morgan fingerprint density at radius 3 is 2.57 bits per heavy atom. The van der Waals surface area contributed by atoms with Crippen LogP contribution in [0.3, 0.4) is 0 Å². The molecule has 0 heterocycles. The Labute approximate surface area is 142 Å². The third kappa shape index (κ3) is 3.56. The van der Waals surface area contributed by atoms with E-state index < -0.39 is 33.2 Å². The van der Waals surface area contributed by atoms with Crippen molar-refractivity contribution in [3.63, 3.8) is 0 Å². The lowest BCUT2D eigenvalue weighted by molar-refractivity contribution is -0.384. The second-order valence-electron chi connectivity index (χ2n) is 5.59. The van der Waals surface area contributed by atoms with Gasteiger partial charge in [-0.05, 0) is 19.4 Å².